The number of phenols is 1. The molecule has 4 aromatic rings. The van der Waals surface area contributed by atoms with Crippen molar-refractivity contribution < 1.29 is 5.11 Å². The number of benzene rings is 4. The molecule has 1 unspecified atom stereocenters. The van der Waals surface area contributed by atoms with Crippen LogP contribution in [0.15, 0.2) is 108 Å². The highest BCUT2D eigenvalue weighted by molar-refractivity contribution is 9.10. The molecule has 0 saturated heterocycles. The van der Waals surface area contributed by atoms with Crippen LogP contribution in [-0.2, 0) is 10.8 Å². The second-order valence-electron chi connectivity index (χ2n) is 9.80. The van der Waals surface area contributed by atoms with Gasteiger partial charge >= 0.3 is 0 Å². The standard InChI is InChI=1S/C31H31BrO/c1-30(2,22-13-7-5-8-14-22)27-18-12-11-17-25(27)29(26-20-19-24(32)21-28(26)33)31(3,4)23-15-9-6-10-16-23/h5-21,29,33H,1-4H3. The van der Waals surface area contributed by atoms with Crippen molar-refractivity contribution in [3.8, 4) is 5.75 Å². The zero-order valence-electron chi connectivity index (χ0n) is 19.7. The molecule has 0 spiro atoms. The summed E-state index contributed by atoms with van der Waals surface area (Å²) in [7, 11) is 0. The maximum Gasteiger partial charge on any atom is 0.120 e. The summed E-state index contributed by atoms with van der Waals surface area (Å²) in [5, 5.41) is 11.1. The van der Waals surface area contributed by atoms with Crippen LogP contribution in [0.3, 0.4) is 0 Å². The van der Waals surface area contributed by atoms with Crippen LogP contribution in [0.2, 0.25) is 0 Å². The topological polar surface area (TPSA) is 20.2 Å². The zero-order chi connectivity index (χ0) is 23.6. The van der Waals surface area contributed by atoms with Gasteiger partial charge in [0.15, 0.2) is 0 Å². The number of rotatable bonds is 6. The van der Waals surface area contributed by atoms with Gasteiger partial charge in [0.2, 0.25) is 0 Å². The van der Waals surface area contributed by atoms with Crippen LogP contribution in [-0.4, -0.2) is 5.11 Å². The average Bonchev–Trinajstić information content (AvgIpc) is 2.82. The van der Waals surface area contributed by atoms with Gasteiger partial charge in [0.25, 0.3) is 0 Å². The first kappa shape index (κ1) is 23.3. The van der Waals surface area contributed by atoms with Gasteiger partial charge in [-0.2, -0.15) is 0 Å². The van der Waals surface area contributed by atoms with Gasteiger partial charge in [-0.3, -0.25) is 0 Å². The molecule has 33 heavy (non-hydrogen) atoms. The Morgan fingerprint density at radius 3 is 1.79 bits per heavy atom. The minimum absolute atomic E-state index is 0.0489. The van der Waals surface area contributed by atoms with Gasteiger partial charge in [0, 0.05) is 26.8 Å². The lowest BCUT2D eigenvalue weighted by Crippen LogP contribution is -2.31. The van der Waals surface area contributed by atoms with E-state index in [1.807, 2.05) is 6.07 Å². The Labute approximate surface area is 206 Å². The lowest BCUT2D eigenvalue weighted by atomic mass is 9.64. The van der Waals surface area contributed by atoms with Crippen LogP contribution in [0, 0.1) is 0 Å². The fourth-order valence-electron chi connectivity index (χ4n) is 5.07. The van der Waals surface area contributed by atoms with Crippen LogP contribution < -0.4 is 0 Å². The molecule has 0 aliphatic heterocycles. The molecule has 0 radical (unpaired) electrons. The summed E-state index contributed by atoms with van der Waals surface area (Å²) in [5.41, 5.74) is 5.48. The Kier molecular flexibility index (Phi) is 6.50. The maximum atomic E-state index is 11.1. The molecule has 2 heteroatoms. The van der Waals surface area contributed by atoms with Crippen molar-refractivity contribution in [3.05, 3.63) is 135 Å². The second kappa shape index (κ2) is 9.19. The second-order valence-corrected chi connectivity index (χ2v) is 10.7. The first-order valence-corrected chi connectivity index (χ1v) is 12.2. The Morgan fingerprint density at radius 2 is 1.18 bits per heavy atom. The molecule has 4 aromatic carbocycles. The molecule has 0 aliphatic rings. The van der Waals surface area contributed by atoms with Crippen molar-refractivity contribution in [1.82, 2.24) is 0 Å². The third-order valence-electron chi connectivity index (χ3n) is 6.98. The maximum absolute atomic E-state index is 11.1. The Balaban J connectivity index is 1.99. The normalized spacial score (nSPS) is 13.0. The van der Waals surface area contributed by atoms with Crippen molar-refractivity contribution in [3.63, 3.8) is 0 Å². The van der Waals surface area contributed by atoms with E-state index >= 15 is 0 Å². The van der Waals surface area contributed by atoms with Crippen molar-refractivity contribution in [2.75, 3.05) is 0 Å². The molecule has 168 valence electrons. The number of hydrogen-bond acceptors (Lipinski definition) is 1. The van der Waals surface area contributed by atoms with E-state index in [0.717, 1.165) is 10.0 Å². The predicted octanol–water partition coefficient (Wildman–Crippen LogP) is 8.59. The monoisotopic (exact) mass is 498 g/mol. The van der Waals surface area contributed by atoms with Gasteiger partial charge in [-0.25, -0.2) is 0 Å². The minimum atomic E-state index is -0.268. The van der Waals surface area contributed by atoms with E-state index in [4.69, 9.17) is 0 Å². The van der Waals surface area contributed by atoms with E-state index in [1.54, 1.807) is 6.07 Å². The smallest absolute Gasteiger partial charge is 0.120 e. The molecule has 1 nitrogen and oxygen atoms in total. The van der Waals surface area contributed by atoms with Crippen molar-refractivity contribution in [2.45, 2.75) is 44.4 Å². The minimum Gasteiger partial charge on any atom is -0.508 e. The Bertz CT molecular complexity index is 1230. The summed E-state index contributed by atoms with van der Waals surface area (Å²) >= 11 is 3.51. The Hall–Kier alpha value is -2.84. The molecule has 0 bridgehead atoms. The third-order valence-corrected chi connectivity index (χ3v) is 7.48. The van der Waals surface area contributed by atoms with Crippen LogP contribution in [0.4, 0.5) is 0 Å². The first-order valence-electron chi connectivity index (χ1n) is 11.4. The first-order chi connectivity index (χ1) is 15.7. The van der Waals surface area contributed by atoms with Gasteiger partial charge in [-0.1, -0.05) is 135 Å². The molecular weight excluding hydrogens is 468 g/mol. The predicted molar refractivity (Wildman–Crippen MR) is 142 cm³/mol. The number of phenolic OH excluding ortho intramolecular Hbond substituents is 1. The fraction of sp³-hybridized carbons (Fsp3) is 0.226. The van der Waals surface area contributed by atoms with Gasteiger partial charge in [-0.15, -0.1) is 0 Å². The van der Waals surface area contributed by atoms with Crippen LogP contribution in [0.1, 0.15) is 61.4 Å². The van der Waals surface area contributed by atoms with Gasteiger partial charge in [0.1, 0.15) is 5.75 Å². The van der Waals surface area contributed by atoms with E-state index in [1.165, 1.54) is 22.3 Å². The fourth-order valence-corrected chi connectivity index (χ4v) is 5.42. The molecule has 0 aromatic heterocycles. The summed E-state index contributed by atoms with van der Waals surface area (Å²) in [6.07, 6.45) is 0. The highest BCUT2D eigenvalue weighted by Gasteiger charge is 2.39. The van der Waals surface area contributed by atoms with E-state index in [2.05, 4.69) is 135 Å². The average molecular weight is 499 g/mol. The van der Waals surface area contributed by atoms with Crippen LogP contribution in [0.25, 0.3) is 0 Å². The molecular formula is C31H31BrO. The van der Waals surface area contributed by atoms with Crippen LogP contribution in [0.5, 0.6) is 5.75 Å². The molecule has 1 N–H and O–H groups in total. The molecule has 0 heterocycles. The van der Waals surface area contributed by atoms with E-state index < -0.39 is 0 Å². The summed E-state index contributed by atoms with van der Waals surface area (Å²) in [4.78, 5) is 0. The third kappa shape index (κ3) is 4.50. The van der Waals surface area contributed by atoms with E-state index in [0.29, 0.717) is 5.75 Å². The number of hydrogen-bond donors (Lipinski definition) is 1. The highest BCUT2D eigenvalue weighted by Crippen LogP contribution is 2.49. The van der Waals surface area contributed by atoms with Gasteiger partial charge in [-0.05, 0) is 34.4 Å². The van der Waals surface area contributed by atoms with Crippen molar-refractivity contribution >= 4 is 15.9 Å². The van der Waals surface area contributed by atoms with E-state index in [-0.39, 0.29) is 16.7 Å². The summed E-state index contributed by atoms with van der Waals surface area (Å²) < 4.78 is 0.873. The lowest BCUT2D eigenvalue weighted by Gasteiger charge is -2.40. The molecule has 4 rings (SSSR count). The largest absolute Gasteiger partial charge is 0.508 e. The van der Waals surface area contributed by atoms with Crippen LogP contribution >= 0.6 is 15.9 Å². The van der Waals surface area contributed by atoms with Gasteiger partial charge in [0.05, 0.1) is 0 Å². The number of halogens is 1. The highest BCUT2D eigenvalue weighted by atomic mass is 79.9. The summed E-state index contributed by atoms with van der Waals surface area (Å²) in [5.74, 6) is 0.262. The SMILES string of the molecule is CC(C)(c1ccccc1)c1ccccc1C(c1ccc(Br)cc1O)C(C)(C)c1ccccc1. The van der Waals surface area contributed by atoms with Crippen molar-refractivity contribution in [1.29, 1.82) is 0 Å². The molecule has 0 aliphatic carbocycles. The van der Waals surface area contributed by atoms with E-state index in [9.17, 15) is 5.11 Å². The Morgan fingerprint density at radius 1 is 0.636 bits per heavy atom. The summed E-state index contributed by atoms with van der Waals surface area (Å²) in [6, 6.07) is 35.9. The van der Waals surface area contributed by atoms with Crippen molar-refractivity contribution in [2.24, 2.45) is 0 Å². The number of aromatic hydroxyl groups is 1. The molecule has 0 fully saturated rings. The molecule has 0 amide bonds. The summed E-state index contributed by atoms with van der Waals surface area (Å²) in [6.45, 7) is 9.13. The lowest BCUT2D eigenvalue weighted by molar-refractivity contribution is 0.418. The quantitative estimate of drug-likeness (QED) is 0.282. The molecule has 0 saturated carbocycles. The van der Waals surface area contributed by atoms with Gasteiger partial charge < -0.3 is 5.11 Å². The molecule has 1 atom stereocenters. The zero-order valence-corrected chi connectivity index (χ0v) is 21.3.